The highest BCUT2D eigenvalue weighted by Crippen LogP contribution is 2.33. The normalized spacial score (nSPS) is 22.4. The summed E-state index contributed by atoms with van der Waals surface area (Å²) < 4.78 is 0. The summed E-state index contributed by atoms with van der Waals surface area (Å²) in [5, 5.41) is 8.68. The molecule has 1 fully saturated rings. The standard InChI is InChI=1S/C15H22N4S2/c1-9-7-12-13(18-15(16-2)19-14(12)21-9)17-10-5-4-6-11(8-10)20-3/h7,10-11H,4-6,8H2,1-3H3,(H2,16,17,18,19). The van der Waals surface area contributed by atoms with Crippen molar-refractivity contribution in [3.63, 3.8) is 0 Å². The SMILES string of the molecule is CNc1nc(NC2CCCC(SC)C2)c2cc(C)sc2n1. The predicted molar refractivity (Wildman–Crippen MR) is 94.9 cm³/mol. The van der Waals surface area contributed by atoms with Crippen molar-refractivity contribution in [2.45, 2.75) is 43.9 Å². The van der Waals surface area contributed by atoms with Gasteiger partial charge in [0.2, 0.25) is 5.95 Å². The third kappa shape index (κ3) is 3.26. The molecule has 1 saturated carbocycles. The molecule has 2 atom stereocenters. The Balaban J connectivity index is 1.88. The lowest BCUT2D eigenvalue weighted by Gasteiger charge is -2.29. The number of nitrogens with one attached hydrogen (secondary N) is 2. The molecule has 1 aliphatic rings. The Hall–Kier alpha value is -1.01. The van der Waals surface area contributed by atoms with Gasteiger partial charge in [0.15, 0.2) is 0 Å². The summed E-state index contributed by atoms with van der Waals surface area (Å²) in [7, 11) is 1.87. The van der Waals surface area contributed by atoms with E-state index in [1.54, 1.807) is 11.3 Å². The van der Waals surface area contributed by atoms with Crippen LogP contribution in [0.4, 0.5) is 11.8 Å². The smallest absolute Gasteiger partial charge is 0.225 e. The molecule has 0 radical (unpaired) electrons. The molecule has 2 heterocycles. The van der Waals surface area contributed by atoms with Crippen LogP contribution in [-0.4, -0.2) is 34.6 Å². The number of aromatic nitrogens is 2. The maximum Gasteiger partial charge on any atom is 0.225 e. The Bertz CT molecular complexity index is 625. The lowest BCUT2D eigenvalue weighted by Crippen LogP contribution is -2.29. The number of nitrogens with zero attached hydrogens (tertiary/aromatic N) is 2. The molecule has 0 amide bonds. The lowest BCUT2D eigenvalue weighted by atomic mass is 9.95. The van der Waals surface area contributed by atoms with Crippen LogP contribution >= 0.6 is 23.1 Å². The third-order valence-electron chi connectivity index (χ3n) is 4.04. The minimum atomic E-state index is 0.527. The fourth-order valence-electron chi connectivity index (χ4n) is 2.95. The minimum Gasteiger partial charge on any atom is -0.367 e. The van der Waals surface area contributed by atoms with Crippen LogP contribution in [0.5, 0.6) is 0 Å². The van der Waals surface area contributed by atoms with Gasteiger partial charge < -0.3 is 10.6 Å². The molecule has 0 aliphatic heterocycles. The van der Waals surface area contributed by atoms with E-state index in [1.165, 1.54) is 30.6 Å². The molecule has 4 nitrogen and oxygen atoms in total. The molecular formula is C15H22N4S2. The van der Waals surface area contributed by atoms with Crippen LogP contribution in [-0.2, 0) is 0 Å². The lowest BCUT2D eigenvalue weighted by molar-refractivity contribution is 0.473. The largest absolute Gasteiger partial charge is 0.367 e. The van der Waals surface area contributed by atoms with Crippen molar-refractivity contribution in [1.82, 2.24) is 9.97 Å². The number of aryl methyl sites for hydroxylation is 1. The van der Waals surface area contributed by atoms with E-state index >= 15 is 0 Å². The number of fused-ring (bicyclic) bond motifs is 1. The average molecular weight is 323 g/mol. The van der Waals surface area contributed by atoms with Gasteiger partial charge in [-0.1, -0.05) is 6.42 Å². The molecule has 21 heavy (non-hydrogen) atoms. The van der Waals surface area contributed by atoms with Crippen LogP contribution in [0.1, 0.15) is 30.6 Å². The van der Waals surface area contributed by atoms with Crippen molar-refractivity contribution in [3.8, 4) is 0 Å². The van der Waals surface area contributed by atoms with Crippen molar-refractivity contribution >= 4 is 45.1 Å². The second-order valence-electron chi connectivity index (χ2n) is 5.59. The Kier molecular flexibility index (Phi) is 4.54. The average Bonchev–Trinajstić information content (AvgIpc) is 2.88. The van der Waals surface area contributed by atoms with E-state index in [4.69, 9.17) is 0 Å². The summed E-state index contributed by atoms with van der Waals surface area (Å²) in [4.78, 5) is 11.5. The van der Waals surface area contributed by atoms with Crippen molar-refractivity contribution in [2.24, 2.45) is 0 Å². The number of hydrogen-bond acceptors (Lipinski definition) is 6. The number of hydrogen-bond donors (Lipinski definition) is 2. The highest BCUT2D eigenvalue weighted by Gasteiger charge is 2.22. The monoisotopic (exact) mass is 322 g/mol. The Morgan fingerprint density at radius 3 is 2.95 bits per heavy atom. The second kappa shape index (κ2) is 6.40. The summed E-state index contributed by atoms with van der Waals surface area (Å²) >= 11 is 3.72. The molecule has 2 unspecified atom stereocenters. The number of rotatable bonds is 4. The molecule has 0 aromatic carbocycles. The van der Waals surface area contributed by atoms with E-state index < -0.39 is 0 Å². The zero-order valence-electron chi connectivity index (χ0n) is 12.8. The van der Waals surface area contributed by atoms with Gasteiger partial charge in [-0.05, 0) is 38.5 Å². The summed E-state index contributed by atoms with van der Waals surface area (Å²) in [5.74, 6) is 1.68. The predicted octanol–water partition coefficient (Wildman–Crippen LogP) is 4.13. The van der Waals surface area contributed by atoms with E-state index in [0.717, 1.165) is 21.3 Å². The van der Waals surface area contributed by atoms with Crippen LogP contribution in [0, 0.1) is 6.92 Å². The number of thiophene rings is 1. The third-order valence-corrected chi connectivity index (χ3v) is 6.08. The molecule has 2 aromatic heterocycles. The van der Waals surface area contributed by atoms with E-state index in [9.17, 15) is 0 Å². The molecular weight excluding hydrogens is 300 g/mol. The van der Waals surface area contributed by atoms with Gasteiger partial charge in [0.1, 0.15) is 10.6 Å². The Morgan fingerprint density at radius 1 is 1.33 bits per heavy atom. The molecule has 1 aliphatic carbocycles. The van der Waals surface area contributed by atoms with Gasteiger partial charge in [-0.3, -0.25) is 0 Å². The van der Waals surface area contributed by atoms with E-state index in [1.807, 2.05) is 18.8 Å². The van der Waals surface area contributed by atoms with E-state index in [-0.39, 0.29) is 0 Å². The van der Waals surface area contributed by atoms with Gasteiger partial charge in [-0.2, -0.15) is 16.7 Å². The number of thioether (sulfide) groups is 1. The van der Waals surface area contributed by atoms with Crippen LogP contribution in [0.3, 0.4) is 0 Å². The zero-order valence-corrected chi connectivity index (χ0v) is 14.4. The first-order valence-corrected chi connectivity index (χ1v) is 9.55. The summed E-state index contributed by atoms with van der Waals surface area (Å²) in [6, 6.07) is 2.72. The molecule has 2 aromatic rings. The van der Waals surface area contributed by atoms with Gasteiger partial charge in [0.05, 0.1) is 5.39 Å². The van der Waals surface area contributed by atoms with E-state index in [2.05, 4.69) is 39.8 Å². The van der Waals surface area contributed by atoms with E-state index in [0.29, 0.717) is 12.0 Å². The van der Waals surface area contributed by atoms with Crippen molar-refractivity contribution in [2.75, 3.05) is 23.9 Å². The summed E-state index contributed by atoms with van der Waals surface area (Å²) in [6.07, 6.45) is 7.33. The highest BCUT2D eigenvalue weighted by molar-refractivity contribution is 7.99. The van der Waals surface area contributed by atoms with Gasteiger partial charge in [0, 0.05) is 23.2 Å². The molecule has 6 heteroatoms. The molecule has 114 valence electrons. The van der Waals surface area contributed by atoms with Gasteiger partial charge in [-0.25, -0.2) is 4.98 Å². The van der Waals surface area contributed by atoms with Crippen LogP contribution in [0.15, 0.2) is 6.07 Å². The maximum atomic E-state index is 4.64. The van der Waals surface area contributed by atoms with Crippen LogP contribution in [0.2, 0.25) is 0 Å². The molecule has 0 saturated heterocycles. The number of anilines is 2. The quantitative estimate of drug-likeness (QED) is 0.886. The first-order chi connectivity index (χ1) is 10.2. The van der Waals surface area contributed by atoms with Crippen LogP contribution < -0.4 is 10.6 Å². The molecule has 2 N–H and O–H groups in total. The molecule has 0 bridgehead atoms. The summed E-state index contributed by atoms with van der Waals surface area (Å²) in [5.41, 5.74) is 0. The topological polar surface area (TPSA) is 49.8 Å². The Morgan fingerprint density at radius 2 is 2.19 bits per heavy atom. The Labute approximate surface area is 134 Å². The van der Waals surface area contributed by atoms with Crippen molar-refractivity contribution in [3.05, 3.63) is 10.9 Å². The molecule has 3 rings (SSSR count). The fraction of sp³-hybridized carbons (Fsp3) is 0.600. The maximum absolute atomic E-state index is 4.64. The highest BCUT2D eigenvalue weighted by atomic mass is 32.2. The van der Waals surface area contributed by atoms with Gasteiger partial charge in [-0.15, -0.1) is 11.3 Å². The first-order valence-electron chi connectivity index (χ1n) is 7.45. The van der Waals surface area contributed by atoms with Crippen LogP contribution in [0.25, 0.3) is 10.2 Å². The second-order valence-corrected chi connectivity index (χ2v) is 7.96. The molecule has 0 spiro atoms. The van der Waals surface area contributed by atoms with Gasteiger partial charge in [0.25, 0.3) is 0 Å². The summed E-state index contributed by atoms with van der Waals surface area (Å²) in [6.45, 7) is 2.12. The first kappa shape index (κ1) is 14.9. The minimum absolute atomic E-state index is 0.527. The van der Waals surface area contributed by atoms with Gasteiger partial charge >= 0.3 is 0 Å². The van der Waals surface area contributed by atoms with Crippen molar-refractivity contribution in [1.29, 1.82) is 0 Å². The fourth-order valence-corrected chi connectivity index (χ4v) is 4.65. The van der Waals surface area contributed by atoms with Crippen molar-refractivity contribution < 1.29 is 0 Å². The zero-order chi connectivity index (χ0) is 14.8.